The van der Waals surface area contributed by atoms with E-state index in [0.29, 0.717) is 11.7 Å². The van der Waals surface area contributed by atoms with Crippen LogP contribution in [-0.4, -0.2) is 42.5 Å². The first-order chi connectivity index (χ1) is 13.7. The molecule has 0 aliphatic carbocycles. The fraction of sp³-hybridized carbons (Fsp3) is 0.450. The molecule has 0 aliphatic rings. The molecule has 2 heterocycles. The van der Waals surface area contributed by atoms with Crippen LogP contribution in [0.1, 0.15) is 19.4 Å². The first-order valence-electron chi connectivity index (χ1n) is 9.49. The normalized spacial score (nSPS) is 12.5. The number of ether oxygens (including phenoxy) is 1. The number of aliphatic hydroxyl groups is 1. The number of hydrogen-bond donors (Lipinski definition) is 2. The minimum atomic E-state index is -0.886. The van der Waals surface area contributed by atoms with Crippen LogP contribution in [0.5, 0.6) is 5.75 Å². The molecule has 2 N–H and O–H groups in total. The standard InChI is InChI=1S/C20H27N5O4/c1-12(2)21-19-22-17-16(18(27)24(5)20(28)23(17)4)25(19)10-14(26)11-29-15-8-6-13(3)7-9-15/h6-9,12,14,26H,10-11H2,1-5H3,(H,21,22). The second kappa shape index (κ2) is 8.12. The van der Waals surface area contributed by atoms with Crippen molar-refractivity contribution in [1.29, 1.82) is 0 Å². The molecule has 0 saturated heterocycles. The van der Waals surface area contributed by atoms with Crippen LogP contribution in [0.3, 0.4) is 0 Å². The van der Waals surface area contributed by atoms with Gasteiger partial charge in [-0.1, -0.05) is 17.7 Å². The van der Waals surface area contributed by atoms with Gasteiger partial charge in [0.2, 0.25) is 5.95 Å². The van der Waals surface area contributed by atoms with Crippen LogP contribution >= 0.6 is 0 Å². The Balaban J connectivity index is 1.94. The largest absolute Gasteiger partial charge is 0.491 e. The smallest absolute Gasteiger partial charge is 0.332 e. The fourth-order valence-corrected chi connectivity index (χ4v) is 3.08. The number of aliphatic hydroxyl groups excluding tert-OH is 1. The fourth-order valence-electron chi connectivity index (χ4n) is 3.08. The maximum atomic E-state index is 12.8. The second-order valence-corrected chi connectivity index (χ2v) is 7.50. The summed E-state index contributed by atoms with van der Waals surface area (Å²) in [5.41, 5.74) is 0.735. The zero-order valence-electron chi connectivity index (χ0n) is 17.3. The summed E-state index contributed by atoms with van der Waals surface area (Å²) >= 11 is 0. The van der Waals surface area contributed by atoms with Crippen LogP contribution in [0.15, 0.2) is 33.9 Å². The Labute approximate surface area is 168 Å². The number of nitrogens with one attached hydrogen (secondary N) is 1. The maximum Gasteiger partial charge on any atom is 0.332 e. The van der Waals surface area contributed by atoms with Crippen LogP contribution in [0.25, 0.3) is 11.2 Å². The Hall–Kier alpha value is -3.07. The van der Waals surface area contributed by atoms with Crippen molar-refractivity contribution in [2.24, 2.45) is 14.1 Å². The van der Waals surface area contributed by atoms with E-state index in [1.165, 1.54) is 11.6 Å². The molecule has 0 fully saturated rings. The Morgan fingerprint density at radius 3 is 2.41 bits per heavy atom. The molecular weight excluding hydrogens is 374 g/mol. The van der Waals surface area contributed by atoms with Crippen molar-refractivity contribution in [3.63, 3.8) is 0 Å². The predicted molar refractivity (Wildman–Crippen MR) is 112 cm³/mol. The number of anilines is 1. The van der Waals surface area contributed by atoms with Gasteiger partial charge in [0.1, 0.15) is 18.5 Å². The molecule has 0 radical (unpaired) electrons. The van der Waals surface area contributed by atoms with Gasteiger partial charge in [0.05, 0.1) is 6.54 Å². The first kappa shape index (κ1) is 20.7. The van der Waals surface area contributed by atoms with Crippen molar-refractivity contribution < 1.29 is 9.84 Å². The first-order valence-corrected chi connectivity index (χ1v) is 9.49. The van der Waals surface area contributed by atoms with Crippen molar-refractivity contribution in [2.45, 2.75) is 39.5 Å². The van der Waals surface area contributed by atoms with Crippen molar-refractivity contribution in [3.8, 4) is 5.75 Å². The lowest BCUT2D eigenvalue weighted by Gasteiger charge is -2.17. The van der Waals surface area contributed by atoms with E-state index in [0.717, 1.165) is 10.1 Å². The molecule has 29 heavy (non-hydrogen) atoms. The molecule has 1 atom stereocenters. The van der Waals surface area contributed by atoms with E-state index >= 15 is 0 Å². The van der Waals surface area contributed by atoms with E-state index in [9.17, 15) is 14.7 Å². The lowest BCUT2D eigenvalue weighted by atomic mass is 10.2. The minimum absolute atomic E-state index is 0.0485. The number of aryl methyl sites for hydroxylation is 2. The summed E-state index contributed by atoms with van der Waals surface area (Å²) in [7, 11) is 2.99. The van der Waals surface area contributed by atoms with Crippen molar-refractivity contribution in [2.75, 3.05) is 11.9 Å². The van der Waals surface area contributed by atoms with E-state index in [1.807, 2.05) is 45.0 Å². The summed E-state index contributed by atoms with van der Waals surface area (Å²) in [6.45, 7) is 6.01. The van der Waals surface area contributed by atoms with Gasteiger partial charge in [-0.2, -0.15) is 4.98 Å². The van der Waals surface area contributed by atoms with Gasteiger partial charge in [0, 0.05) is 20.1 Å². The number of nitrogens with zero attached hydrogens (tertiary/aromatic N) is 4. The Morgan fingerprint density at radius 2 is 1.79 bits per heavy atom. The third kappa shape index (κ3) is 4.19. The zero-order valence-corrected chi connectivity index (χ0v) is 17.3. The van der Waals surface area contributed by atoms with Crippen LogP contribution in [0.2, 0.25) is 0 Å². The Morgan fingerprint density at radius 1 is 1.14 bits per heavy atom. The Kier molecular flexibility index (Phi) is 5.78. The summed E-state index contributed by atoms with van der Waals surface area (Å²) < 4.78 is 9.63. The molecule has 1 aromatic carbocycles. The molecule has 9 heteroatoms. The van der Waals surface area contributed by atoms with Gasteiger partial charge in [0.25, 0.3) is 5.56 Å². The van der Waals surface area contributed by atoms with Crippen LogP contribution in [-0.2, 0) is 20.6 Å². The summed E-state index contributed by atoms with van der Waals surface area (Å²) in [6, 6.07) is 7.59. The number of imidazole rings is 1. The number of benzene rings is 1. The molecule has 0 aliphatic heterocycles. The monoisotopic (exact) mass is 401 g/mol. The zero-order chi connectivity index (χ0) is 21.3. The van der Waals surface area contributed by atoms with Crippen molar-refractivity contribution >= 4 is 17.1 Å². The van der Waals surface area contributed by atoms with Crippen molar-refractivity contribution in [3.05, 3.63) is 50.7 Å². The lowest BCUT2D eigenvalue weighted by molar-refractivity contribution is 0.0938. The minimum Gasteiger partial charge on any atom is -0.491 e. The summed E-state index contributed by atoms with van der Waals surface area (Å²) in [5, 5.41) is 13.7. The quantitative estimate of drug-likeness (QED) is 0.612. The van der Waals surface area contributed by atoms with Gasteiger partial charge in [-0.05, 0) is 32.9 Å². The van der Waals surface area contributed by atoms with Gasteiger partial charge in [-0.3, -0.25) is 13.9 Å². The third-order valence-corrected chi connectivity index (χ3v) is 4.62. The Bertz CT molecular complexity index is 1120. The highest BCUT2D eigenvalue weighted by Crippen LogP contribution is 2.18. The number of rotatable bonds is 7. The van der Waals surface area contributed by atoms with E-state index < -0.39 is 17.4 Å². The maximum absolute atomic E-state index is 12.8. The molecule has 3 rings (SSSR count). The number of fused-ring (bicyclic) bond motifs is 1. The molecule has 9 nitrogen and oxygen atoms in total. The lowest BCUT2D eigenvalue weighted by Crippen LogP contribution is -2.38. The second-order valence-electron chi connectivity index (χ2n) is 7.50. The SMILES string of the molecule is Cc1ccc(OCC(O)Cn2c(NC(C)C)nc3c2c(=O)n(C)c(=O)n3C)cc1. The van der Waals surface area contributed by atoms with Crippen LogP contribution < -0.4 is 21.3 Å². The molecule has 2 aromatic heterocycles. The topological polar surface area (TPSA) is 103 Å². The van der Waals surface area contributed by atoms with E-state index in [2.05, 4.69) is 10.3 Å². The average Bonchev–Trinajstić information content (AvgIpc) is 3.01. The van der Waals surface area contributed by atoms with Gasteiger partial charge in [0.15, 0.2) is 11.2 Å². The molecule has 3 aromatic rings. The molecule has 156 valence electrons. The predicted octanol–water partition coefficient (Wildman–Crippen LogP) is 1.00. The number of aromatic nitrogens is 4. The van der Waals surface area contributed by atoms with Gasteiger partial charge < -0.3 is 19.7 Å². The van der Waals surface area contributed by atoms with Crippen LogP contribution in [0, 0.1) is 6.92 Å². The molecule has 0 bridgehead atoms. The highest BCUT2D eigenvalue weighted by Gasteiger charge is 2.21. The summed E-state index contributed by atoms with van der Waals surface area (Å²) in [5.74, 6) is 1.08. The molecule has 0 spiro atoms. The number of hydrogen-bond acceptors (Lipinski definition) is 6. The molecule has 1 unspecified atom stereocenters. The van der Waals surface area contributed by atoms with E-state index in [1.54, 1.807) is 11.6 Å². The van der Waals surface area contributed by atoms with Gasteiger partial charge >= 0.3 is 5.69 Å². The van der Waals surface area contributed by atoms with E-state index in [4.69, 9.17) is 4.74 Å². The van der Waals surface area contributed by atoms with Crippen LogP contribution in [0.4, 0.5) is 5.95 Å². The highest BCUT2D eigenvalue weighted by atomic mass is 16.5. The van der Waals surface area contributed by atoms with Gasteiger partial charge in [-0.15, -0.1) is 0 Å². The molecule has 0 amide bonds. The summed E-state index contributed by atoms with van der Waals surface area (Å²) in [4.78, 5) is 29.4. The molecular formula is C20H27N5O4. The average molecular weight is 401 g/mol. The van der Waals surface area contributed by atoms with Crippen molar-refractivity contribution in [1.82, 2.24) is 18.7 Å². The highest BCUT2D eigenvalue weighted by molar-refractivity contribution is 5.74. The van der Waals surface area contributed by atoms with E-state index in [-0.39, 0.29) is 30.4 Å². The molecule has 0 saturated carbocycles. The van der Waals surface area contributed by atoms with Gasteiger partial charge in [-0.25, -0.2) is 4.79 Å². The summed E-state index contributed by atoms with van der Waals surface area (Å²) in [6.07, 6.45) is -0.886. The third-order valence-electron chi connectivity index (χ3n) is 4.62.